The summed E-state index contributed by atoms with van der Waals surface area (Å²) in [5.74, 6) is 1.56. The Morgan fingerprint density at radius 1 is 0.862 bits per heavy atom. The molecular formula is C22H28N2O4S. The van der Waals surface area contributed by atoms with E-state index in [1.54, 1.807) is 4.31 Å². The Balaban J connectivity index is 1.47. The van der Waals surface area contributed by atoms with E-state index in [-0.39, 0.29) is 6.79 Å². The lowest BCUT2D eigenvalue weighted by Crippen LogP contribution is -2.48. The van der Waals surface area contributed by atoms with Crippen molar-refractivity contribution in [2.24, 2.45) is 0 Å². The van der Waals surface area contributed by atoms with Crippen LogP contribution in [0.4, 0.5) is 0 Å². The van der Waals surface area contributed by atoms with Gasteiger partial charge < -0.3 is 9.47 Å². The van der Waals surface area contributed by atoms with Gasteiger partial charge in [0.25, 0.3) is 0 Å². The van der Waals surface area contributed by atoms with Gasteiger partial charge in [0, 0.05) is 32.7 Å². The predicted octanol–water partition coefficient (Wildman–Crippen LogP) is 3.16. The van der Waals surface area contributed by atoms with Crippen LogP contribution in [0.5, 0.6) is 11.5 Å². The monoisotopic (exact) mass is 416 g/mol. The van der Waals surface area contributed by atoms with E-state index in [4.69, 9.17) is 9.47 Å². The third-order valence-electron chi connectivity index (χ3n) is 6.07. The molecule has 1 fully saturated rings. The van der Waals surface area contributed by atoms with Crippen molar-refractivity contribution in [3.8, 4) is 11.5 Å². The van der Waals surface area contributed by atoms with Crippen molar-refractivity contribution < 1.29 is 17.9 Å². The van der Waals surface area contributed by atoms with Crippen LogP contribution in [-0.4, -0.2) is 50.6 Å². The third kappa shape index (κ3) is 3.74. The standard InChI is InChI=1S/C22H28N2O4S/c1-15-11-16(2)18(4)22(17(15)3)29(25,26)24-9-7-23(8-10-24)13-19-5-6-20-21(12-19)28-14-27-20/h5-6,11-12H,7-10,13-14H2,1-4H3. The van der Waals surface area contributed by atoms with E-state index >= 15 is 0 Å². The summed E-state index contributed by atoms with van der Waals surface area (Å²) in [5.41, 5.74) is 4.90. The Morgan fingerprint density at radius 3 is 2.14 bits per heavy atom. The van der Waals surface area contributed by atoms with Crippen LogP contribution >= 0.6 is 0 Å². The van der Waals surface area contributed by atoms with E-state index in [9.17, 15) is 8.42 Å². The van der Waals surface area contributed by atoms with E-state index in [0.29, 0.717) is 31.1 Å². The molecule has 1 saturated heterocycles. The Labute approximate surface area is 173 Å². The van der Waals surface area contributed by atoms with E-state index in [0.717, 1.165) is 45.9 Å². The minimum absolute atomic E-state index is 0.270. The van der Waals surface area contributed by atoms with Crippen molar-refractivity contribution in [2.45, 2.75) is 39.1 Å². The molecule has 2 aromatic carbocycles. The molecule has 2 aliphatic rings. The van der Waals surface area contributed by atoms with E-state index < -0.39 is 10.0 Å². The lowest BCUT2D eigenvalue weighted by molar-refractivity contribution is 0.173. The molecule has 0 aliphatic carbocycles. The summed E-state index contributed by atoms with van der Waals surface area (Å²) in [7, 11) is -3.50. The van der Waals surface area contributed by atoms with Gasteiger partial charge in [-0.15, -0.1) is 0 Å². The first kappa shape index (κ1) is 20.2. The number of benzene rings is 2. The van der Waals surface area contributed by atoms with Crippen molar-refractivity contribution in [2.75, 3.05) is 33.0 Å². The molecule has 29 heavy (non-hydrogen) atoms. The van der Waals surface area contributed by atoms with Crippen LogP contribution in [0.25, 0.3) is 0 Å². The molecule has 156 valence electrons. The SMILES string of the molecule is Cc1cc(C)c(C)c(S(=O)(=O)N2CCN(Cc3ccc4c(c3)OCO4)CC2)c1C. The van der Waals surface area contributed by atoms with Crippen LogP contribution in [0.3, 0.4) is 0 Å². The van der Waals surface area contributed by atoms with Gasteiger partial charge in [0.15, 0.2) is 11.5 Å². The molecule has 0 N–H and O–H groups in total. The first-order valence-corrected chi connectivity index (χ1v) is 11.4. The van der Waals surface area contributed by atoms with Crippen molar-refractivity contribution >= 4 is 10.0 Å². The molecule has 7 heteroatoms. The second-order valence-corrected chi connectivity index (χ2v) is 9.83. The van der Waals surface area contributed by atoms with Gasteiger partial charge in [0.2, 0.25) is 16.8 Å². The van der Waals surface area contributed by atoms with Crippen LogP contribution in [0.1, 0.15) is 27.8 Å². The van der Waals surface area contributed by atoms with Crippen LogP contribution < -0.4 is 9.47 Å². The summed E-state index contributed by atoms with van der Waals surface area (Å²) in [6.45, 7) is 11.2. The van der Waals surface area contributed by atoms with Crippen LogP contribution in [0.15, 0.2) is 29.2 Å². The highest BCUT2D eigenvalue weighted by Gasteiger charge is 2.31. The Hall–Kier alpha value is -2.09. The van der Waals surface area contributed by atoms with Crippen molar-refractivity contribution in [3.63, 3.8) is 0 Å². The minimum Gasteiger partial charge on any atom is -0.454 e. The van der Waals surface area contributed by atoms with Gasteiger partial charge in [-0.05, 0) is 67.6 Å². The molecule has 2 aromatic rings. The lowest BCUT2D eigenvalue weighted by atomic mass is 10.0. The summed E-state index contributed by atoms with van der Waals surface area (Å²) < 4.78 is 39.3. The van der Waals surface area contributed by atoms with Crippen LogP contribution in [0.2, 0.25) is 0 Å². The molecule has 0 spiro atoms. The molecule has 0 amide bonds. The Bertz CT molecular complexity index is 1020. The number of nitrogens with zero attached hydrogens (tertiary/aromatic N) is 2. The average molecular weight is 417 g/mol. The number of piperazine rings is 1. The molecular weight excluding hydrogens is 388 g/mol. The zero-order valence-corrected chi connectivity index (χ0v) is 18.3. The molecule has 6 nitrogen and oxygen atoms in total. The molecule has 0 aromatic heterocycles. The maximum atomic E-state index is 13.4. The maximum Gasteiger partial charge on any atom is 0.243 e. The maximum absolute atomic E-state index is 13.4. The number of hydrogen-bond donors (Lipinski definition) is 0. The fraction of sp³-hybridized carbons (Fsp3) is 0.455. The summed E-state index contributed by atoms with van der Waals surface area (Å²) >= 11 is 0. The molecule has 0 radical (unpaired) electrons. The van der Waals surface area contributed by atoms with E-state index in [2.05, 4.69) is 11.0 Å². The van der Waals surface area contributed by atoms with Gasteiger partial charge in [-0.25, -0.2) is 8.42 Å². The molecule has 0 saturated carbocycles. The van der Waals surface area contributed by atoms with Crippen molar-refractivity contribution in [1.29, 1.82) is 0 Å². The van der Waals surface area contributed by atoms with Gasteiger partial charge in [0.05, 0.1) is 4.90 Å². The van der Waals surface area contributed by atoms with Gasteiger partial charge in [-0.3, -0.25) is 4.90 Å². The van der Waals surface area contributed by atoms with Crippen molar-refractivity contribution in [3.05, 3.63) is 52.1 Å². The number of hydrogen-bond acceptors (Lipinski definition) is 5. The fourth-order valence-electron chi connectivity index (χ4n) is 4.12. The van der Waals surface area contributed by atoms with Gasteiger partial charge >= 0.3 is 0 Å². The zero-order chi connectivity index (χ0) is 20.8. The zero-order valence-electron chi connectivity index (χ0n) is 17.5. The topological polar surface area (TPSA) is 59.1 Å². The van der Waals surface area contributed by atoms with Crippen LogP contribution in [0, 0.1) is 27.7 Å². The highest BCUT2D eigenvalue weighted by atomic mass is 32.2. The summed E-state index contributed by atoms with van der Waals surface area (Å²) in [6.07, 6.45) is 0. The molecule has 0 unspecified atom stereocenters. The summed E-state index contributed by atoms with van der Waals surface area (Å²) in [4.78, 5) is 2.77. The summed E-state index contributed by atoms with van der Waals surface area (Å²) in [6, 6.07) is 8.05. The Kier molecular flexibility index (Phi) is 5.31. The number of sulfonamides is 1. The first-order chi connectivity index (χ1) is 13.8. The van der Waals surface area contributed by atoms with E-state index in [1.165, 1.54) is 0 Å². The normalized spacial score (nSPS) is 17.7. The second-order valence-electron chi connectivity index (χ2n) is 7.96. The average Bonchev–Trinajstić information content (AvgIpc) is 3.15. The largest absolute Gasteiger partial charge is 0.454 e. The molecule has 4 rings (SSSR count). The highest BCUT2D eigenvalue weighted by molar-refractivity contribution is 7.89. The number of ether oxygens (including phenoxy) is 2. The highest BCUT2D eigenvalue weighted by Crippen LogP contribution is 2.33. The van der Waals surface area contributed by atoms with Crippen molar-refractivity contribution in [1.82, 2.24) is 9.21 Å². The smallest absolute Gasteiger partial charge is 0.243 e. The van der Waals surface area contributed by atoms with Crippen LogP contribution in [-0.2, 0) is 16.6 Å². The molecule has 0 bridgehead atoms. The fourth-order valence-corrected chi connectivity index (χ4v) is 6.12. The van der Waals surface area contributed by atoms with Gasteiger partial charge in [-0.2, -0.15) is 4.31 Å². The molecule has 0 atom stereocenters. The van der Waals surface area contributed by atoms with E-state index in [1.807, 2.05) is 45.9 Å². The molecule has 2 aliphatic heterocycles. The lowest BCUT2D eigenvalue weighted by Gasteiger charge is -2.34. The second kappa shape index (κ2) is 7.63. The predicted molar refractivity (Wildman–Crippen MR) is 112 cm³/mol. The van der Waals surface area contributed by atoms with Gasteiger partial charge in [0.1, 0.15) is 0 Å². The number of aryl methyl sites for hydroxylation is 2. The molecule has 2 heterocycles. The minimum atomic E-state index is -3.50. The summed E-state index contributed by atoms with van der Waals surface area (Å²) in [5, 5.41) is 0. The van der Waals surface area contributed by atoms with Gasteiger partial charge in [-0.1, -0.05) is 12.1 Å². The Morgan fingerprint density at radius 2 is 1.48 bits per heavy atom. The number of fused-ring (bicyclic) bond motifs is 1. The number of rotatable bonds is 4. The quantitative estimate of drug-likeness (QED) is 0.766. The first-order valence-electron chi connectivity index (χ1n) is 9.96. The third-order valence-corrected chi connectivity index (χ3v) is 8.24.